The quantitative estimate of drug-likeness (QED) is 0.703. The maximum absolute atomic E-state index is 10.7. The van der Waals surface area contributed by atoms with Crippen LogP contribution in [0, 0.1) is 11.3 Å². The Kier molecular flexibility index (Phi) is 3.70. The van der Waals surface area contributed by atoms with Crippen LogP contribution in [0.3, 0.4) is 0 Å². The zero-order valence-electron chi connectivity index (χ0n) is 7.74. The number of ether oxygens (including phenoxy) is 1. The van der Waals surface area contributed by atoms with Gasteiger partial charge in [0.15, 0.2) is 0 Å². The summed E-state index contributed by atoms with van der Waals surface area (Å²) in [4.78, 5) is 10.7. The molecule has 74 valence electrons. The van der Waals surface area contributed by atoms with E-state index in [1.54, 1.807) is 12.1 Å². The maximum Gasteiger partial charge on any atom is 0.319 e. The highest BCUT2D eigenvalue weighted by Crippen LogP contribution is 2.05. The third-order valence-corrected chi connectivity index (χ3v) is 1.57. The molecule has 0 fully saturated rings. The first-order valence-corrected chi connectivity index (χ1v) is 4.02. The van der Waals surface area contributed by atoms with E-state index in [-0.39, 0.29) is 18.3 Å². The van der Waals surface area contributed by atoms with Gasteiger partial charge in [0, 0.05) is 0 Å². The van der Waals surface area contributed by atoms with Crippen molar-refractivity contribution in [3.05, 3.63) is 23.7 Å². The number of methoxy groups -OCH3 is 1. The summed E-state index contributed by atoms with van der Waals surface area (Å²) >= 11 is 0. The van der Waals surface area contributed by atoms with Gasteiger partial charge in [-0.2, -0.15) is 5.26 Å². The van der Waals surface area contributed by atoms with Gasteiger partial charge in [0.25, 0.3) is 0 Å². The number of carbonyl (C=O) groups excluding carboxylic acids is 1. The molecule has 0 aromatic carbocycles. The zero-order chi connectivity index (χ0) is 10.4. The van der Waals surface area contributed by atoms with Crippen LogP contribution < -0.4 is 5.32 Å². The van der Waals surface area contributed by atoms with Gasteiger partial charge in [-0.25, -0.2) is 0 Å². The first-order chi connectivity index (χ1) is 6.76. The van der Waals surface area contributed by atoms with Gasteiger partial charge in [0.1, 0.15) is 11.8 Å². The van der Waals surface area contributed by atoms with Crippen LogP contribution in [0.4, 0.5) is 0 Å². The van der Waals surface area contributed by atoms with Crippen LogP contribution in [0.5, 0.6) is 0 Å². The van der Waals surface area contributed by atoms with Crippen LogP contribution in [0.15, 0.2) is 16.5 Å². The second kappa shape index (κ2) is 5.04. The van der Waals surface area contributed by atoms with Gasteiger partial charge in [0.2, 0.25) is 5.76 Å². The average Bonchev–Trinajstić information content (AvgIpc) is 2.65. The molecule has 14 heavy (non-hydrogen) atoms. The van der Waals surface area contributed by atoms with E-state index in [0.29, 0.717) is 12.3 Å². The van der Waals surface area contributed by atoms with Crippen molar-refractivity contribution >= 4 is 5.97 Å². The average molecular weight is 194 g/mol. The Hall–Kier alpha value is -1.80. The van der Waals surface area contributed by atoms with Gasteiger partial charge in [-0.15, -0.1) is 0 Å². The predicted molar refractivity (Wildman–Crippen MR) is 47.1 cm³/mol. The molecule has 0 atom stereocenters. The van der Waals surface area contributed by atoms with Crippen molar-refractivity contribution in [1.29, 1.82) is 5.26 Å². The molecule has 5 nitrogen and oxygen atoms in total. The number of nitrogens with zero attached hydrogens (tertiary/aromatic N) is 1. The molecule has 0 bridgehead atoms. The van der Waals surface area contributed by atoms with Crippen molar-refractivity contribution in [2.24, 2.45) is 0 Å². The zero-order valence-corrected chi connectivity index (χ0v) is 7.74. The lowest BCUT2D eigenvalue weighted by Gasteiger charge is -1.99. The molecular weight excluding hydrogens is 184 g/mol. The topological polar surface area (TPSA) is 75.3 Å². The summed E-state index contributed by atoms with van der Waals surface area (Å²) in [6.45, 7) is 0.524. The highest BCUT2D eigenvalue weighted by molar-refractivity contribution is 5.71. The highest BCUT2D eigenvalue weighted by Gasteiger charge is 2.02. The Bertz CT molecular complexity index is 351. The third-order valence-electron chi connectivity index (χ3n) is 1.57. The molecule has 5 heteroatoms. The molecule has 0 unspecified atom stereocenters. The lowest BCUT2D eigenvalue weighted by molar-refractivity contribution is -0.139. The van der Waals surface area contributed by atoms with Crippen molar-refractivity contribution in [1.82, 2.24) is 5.32 Å². The van der Waals surface area contributed by atoms with Crippen LogP contribution in [-0.2, 0) is 16.1 Å². The molecular formula is C9H10N2O3. The van der Waals surface area contributed by atoms with E-state index in [9.17, 15) is 4.79 Å². The van der Waals surface area contributed by atoms with Crippen molar-refractivity contribution in [3.8, 4) is 6.07 Å². The molecule has 0 aliphatic rings. The number of hydrogen-bond acceptors (Lipinski definition) is 5. The lowest BCUT2D eigenvalue weighted by atomic mass is 10.4. The van der Waals surface area contributed by atoms with E-state index in [2.05, 4.69) is 10.1 Å². The lowest BCUT2D eigenvalue weighted by Crippen LogP contribution is -2.23. The number of furan rings is 1. The summed E-state index contributed by atoms with van der Waals surface area (Å²) in [5.41, 5.74) is 0. The van der Waals surface area contributed by atoms with Crippen LogP contribution in [0.25, 0.3) is 0 Å². The van der Waals surface area contributed by atoms with Crippen LogP contribution in [0.1, 0.15) is 11.5 Å². The van der Waals surface area contributed by atoms with Crippen molar-refractivity contribution < 1.29 is 13.9 Å². The minimum atomic E-state index is -0.336. The number of rotatable bonds is 4. The van der Waals surface area contributed by atoms with Crippen LogP contribution >= 0.6 is 0 Å². The molecule has 0 radical (unpaired) electrons. The molecule has 1 heterocycles. The summed E-state index contributed by atoms with van der Waals surface area (Å²) in [6, 6.07) is 5.13. The van der Waals surface area contributed by atoms with Crippen molar-refractivity contribution in [2.75, 3.05) is 13.7 Å². The van der Waals surface area contributed by atoms with Gasteiger partial charge in [0.05, 0.1) is 20.2 Å². The van der Waals surface area contributed by atoms with Crippen molar-refractivity contribution in [3.63, 3.8) is 0 Å². The fourth-order valence-electron chi connectivity index (χ4n) is 0.893. The molecule has 1 aromatic heterocycles. The third kappa shape index (κ3) is 2.92. The van der Waals surface area contributed by atoms with Crippen molar-refractivity contribution in [2.45, 2.75) is 6.54 Å². The monoisotopic (exact) mass is 194 g/mol. The SMILES string of the molecule is COC(=O)CNCc1ccc(C#N)o1. The van der Waals surface area contributed by atoms with Gasteiger partial charge in [-0.3, -0.25) is 10.1 Å². The number of nitrogens with one attached hydrogen (secondary N) is 1. The second-order valence-corrected chi connectivity index (χ2v) is 2.56. The van der Waals surface area contributed by atoms with E-state index >= 15 is 0 Å². The Morgan fingerprint density at radius 1 is 1.71 bits per heavy atom. The molecule has 1 aromatic rings. The summed E-state index contributed by atoms with van der Waals surface area (Å²) in [6.07, 6.45) is 0. The van der Waals surface area contributed by atoms with E-state index in [0.717, 1.165) is 0 Å². The summed E-state index contributed by atoms with van der Waals surface area (Å²) < 4.78 is 9.50. The maximum atomic E-state index is 10.7. The summed E-state index contributed by atoms with van der Waals surface area (Å²) in [7, 11) is 1.32. The van der Waals surface area contributed by atoms with E-state index in [1.165, 1.54) is 7.11 Å². The van der Waals surface area contributed by atoms with Gasteiger partial charge >= 0.3 is 5.97 Å². The molecule has 0 aliphatic heterocycles. The van der Waals surface area contributed by atoms with E-state index in [4.69, 9.17) is 9.68 Å². The Balaban J connectivity index is 2.32. The molecule has 1 rings (SSSR count). The number of esters is 1. The summed E-state index contributed by atoms with van der Waals surface area (Å²) in [5.74, 6) is 0.544. The molecule has 0 amide bonds. The summed E-state index contributed by atoms with van der Waals surface area (Å²) in [5, 5.41) is 11.3. The van der Waals surface area contributed by atoms with E-state index < -0.39 is 0 Å². The van der Waals surface area contributed by atoms with Gasteiger partial charge < -0.3 is 9.15 Å². The minimum Gasteiger partial charge on any atom is -0.468 e. The number of nitriles is 1. The second-order valence-electron chi connectivity index (χ2n) is 2.56. The molecule has 0 saturated carbocycles. The Morgan fingerprint density at radius 3 is 3.07 bits per heavy atom. The number of hydrogen-bond donors (Lipinski definition) is 1. The molecule has 0 aliphatic carbocycles. The highest BCUT2D eigenvalue weighted by atomic mass is 16.5. The number of carbonyl (C=O) groups is 1. The molecule has 1 N–H and O–H groups in total. The first-order valence-electron chi connectivity index (χ1n) is 4.02. The fraction of sp³-hybridized carbons (Fsp3) is 0.333. The first kappa shape index (κ1) is 10.3. The van der Waals surface area contributed by atoms with E-state index in [1.807, 2.05) is 6.07 Å². The standard InChI is InChI=1S/C9H10N2O3/c1-13-9(12)6-11-5-8-3-2-7(4-10)14-8/h2-3,11H,5-6H2,1H3. The predicted octanol–water partition coefficient (Wildman–Crippen LogP) is 0.414. The normalized spacial score (nSPS) is 9.43. The smallest absolute Gasteiger partial charge is 0.319 e. The minimum absolute atomic E-state index is 0.124. The Labute approximate surface area is 81.3 Å². The largest absolute Gasteiger partial charge is 0.468 e. The Morgan fingerprint density at radius 2 is 2.50 bits per heavy atom. The molecule has 0 saturated heterocycles. The van der Waals surface area contributed by atoms with Crippen LogP contribution in [0.2, 0.25) is 0 Å². The van der Waals surface area contributed by atoms with Gasteiger partial charge in [-0.05, 0) is 12.1 Å². The molecule has 0 spiro atoms. The van der Waals surface area contributed by atoms with Crippen LogP contribution in [-0.4, -0.2) is 19.6 Å². The fourth-order valence-corrected chi connectivity index (χ4v) is 0.893. The van der Waals surface area contributed by atoms with Gasteiger partial charge in [-0.1, -0.05) is 0 Å².